The highest BCUT2D eigenvalue weighted by atomic mass is 127. The number of halogens is 1. The second-order valence-corrected chi connectivity index (χ2v) is 7.46. The van der Waals surface area contributed by atoms with Gasteiger partial charge in [0.15, 0.2) is 5.96 Å². The van der Waals surface area contributed by atoms with Crippen molar-refractivity contribution in [1.82, 2.24) is 15.2 Å². The number of aliphatic imine (C=N–C) groups is 1. The van der Waals surface area contributed by atoms with Crippen molar-refractivity contribution in [2.24, 2.45) is 4.99 Å². The third kappa shape index (κ3) is 5.57. The van der Waals surface area contributed by atoms with E-state index >= 15 is 0 Å². The maximum atomic E-state index is 6.10. The highest BCUT2D eigenvalue weighted by molar-refractivity contribution is 14.0. The minimum absolute atomic E-state index is 0. The quantitative estimate of drug-likeness (QED) is 0.378. The number of guanidine groups is 1. The Morgan fingerprint density at radius 1 is 1.38 bits per heavy atom. The Kier molecular flexibility index (Phi) is 8.15. The van der Waals surface area contributed by atoms with Crippen molar-refractivity contribution in [2.75, 3.05) is 14.1 Å². The third-order valence-corrected chi connectivity index (χ3v) is 5.22. The van der Waals surface area contributed by atoms with Crippen LogP contribution in [0.3, 0.4) is 0 Å². The van der Waals surface area contributed by atoms with E-state index < -0.39 is 0 Å². The first-order valence-corrected chi connectivity index (χ1v) is 9.61. The van der Waals surface area contributed by atoms with Gasteiger partial charge in [0.25, 0.3) is 0 Å². The predicted molar refractivity (Wildman–Crippen MR) is 119 cm³/mol. The molecule has 1 aliphatic rings. The van der Waals surface area contributed by atoms with E-state index in [0.29, 0.717) is 12.6 Å². The van der Waals surface area contributed by atoms with Crippen molar-refractivity contribution < 1.29 is 4.74 Å². The van der Waals surface area contributed by atoms with Gasteiger partial charge in [0.1, 0.15) is 5.75 Å². The average molecular weight is 486 g/mol. The standard InChI is InChI=1S/C19H26N4OS.HI/c1-14-22-16(13-25-14)12-23(3)19(20-2)21-11-15-7-4-5-10-18(15)24-17-8-6-9-17;/h4-5,7,10,13,17H,6,8-9,11-12H2,1-3H3,(H,20,21);1H. The molecule has 1 heterocycles. The number of para-hydroxylation sites is 1. The molecular weight excluding hydrogens is 459 g/mol. The molecule has 7 heteroatoms. The molecule has 0 aliphatic heterocycles. The largest absolute Gasteiger partial charge is 0.490 e. The van der Waals surface area contributed by atoms with Crippen molar-refractivity contribution in [3.63, 3.8) is 0 Å². The number of thiazole rings is 1. The normalized spacial score (nSPS) is 14.3. The number of hydrogen-bond donors (Lipinski definition) is 1. The lowest BCUT2D eigenvalue weighted by Crippen LogP contribution is -2.38. The fraction of sp³-hybridized carbons (Fsp3) is 0.474. The lowest BCUT2D eigenvalue weighted by Gasteiger charge is -2.28. The van der Waals surface area contributed by atoms with Gasteiger partial charge in [-0.3, -0.25) is 4.99 Å². The van der Waals surface area contributed by atoms with Crippen LogP contribution in [0.5, 0.6) is 5.75 Å². The fourth-order valence-corrected chi connectivity index (χ4v) is 3.39. The SMILES string of the molecule is CN=C(NCc1ccccc1OC1CCC1)N(C)Cc1csc(C)n1.I. The van der Waals surface area contributed by atoms with Gasteiger partial charge in [-0.05, 0) is 32.3 Å². The van der Waals surface area contributed by atoms with E-state index in [9.17, 15) is 0 Å². The summed E-state index contributed by atoms with van der Waals surface area (Å²) in [6.07, 6.45) is 3.99. The molecule has 5 nitrogen and oxygen atoms in total. The second kappa shape index (κ2) is 10.1. The van der Waals surface area contributed by atoms with Gasteiger partial charge in [-0.15, -0.1) is 35.3 Å². The molecule has 26 heavy (non-hydrogen) atoms. The number of rotatable bonds is 6. The molecule has 0 radical (unpaired) electrons. The number of nitrogens with one attached hydrogen (secondary N) is 1. The van der Waals surface area contributed by atoms with Gasteiger partial charge in [0.05, 0.1) is 23.4 Å². The molecular formula is C19H27IN4OS. The van der Waals surface area contributed by atoms with Crippen molar-refractivity contribution in [3.8, 4) is 5.75 Å². The Hall–Kier alpha value is -1.35. The van der Waals surface area contributed by atoms with E-state index in [1.165, 1.54) is 19.3 Å². The van der Waals surface area contributed by atoms with Gasteiger partial charge < -0.3 is 15.0 Å². The van der Waals surface area contributed by atoms with Crippen LogP contribution in [0.1, 0.15) is 35.5 Å². The average Bonchev–Trinajstić information content (AvgIpc) is 2.97. The van der Waals surface area contributed by atoms with Gasteiger partial charge in [0.2, 0.25) is 0 Å². The Labute approximate surface area is 176 Å². The molecule has 0 spiro atoms. The van der Waals surface area contributed by atoms with E-state index in [-0.39, 0.29) is 24.0 Å². The number of aryl methyl sites for hydroxylation is 1. The van der Waals surface area contributed by atoms with E-state index in [4.69, 9.17) is 4.74 Å². The Balaban J connectivity index is 0.00000243. The summed E-state index contributed by atoms with van der Waals surface area (Å²) in [5.74, 6) is 1.83. The minimum atomic E-state index is 0. The number of hydrogen-bond acceptors (Lipinski definition) is 4. The predicted octanol–water partition coefficient (Wildman–Crippen LogP) is 4.21. The minimum Gasteiger partial charge on any atom is -0.490 e. The van der Waals surface area contributed by atoms with Crippen LogP contribution in [0, 0.1) is 6.92 Å². The maximum absolute atomic E-state index is 6.10. The lowest BCUT2D eigenvalue weighted by atomic mass is 9.96. The Morgan fingerprint density at radius 2 is 2.15 bits per heavy atom. The summed E-state index contributed by atoms with van der Waals surface area (Å²) in [5, 5.41) is 6.62. The van der Waals surface area contributed by atoms with Crippen LogP contribution in [-0.2, 0) is 13.1 Å². The van der Waals surface area contributed by atoms with Crippen LogP contribution < -0.4 is 10.1 Å². The van der Waals surface area contributed by atoms with Gasteiger partial charge >= 0.3 is 0 Å². The zero-order valence-corrected chi connectivity index (χ0v) is 18.7. The van der Waals surface area contributed by atoms with Crippen molar-refractivity contribution in [3.05, 3.63) is 45.9 Å². The molecule has 1 N–H and O–H groups in total. The molecule has 1 aliphatic carbocycles. The smallest absolute Gasteiger partial charge is 0.194 e. The van der Waals surface area contributed by atoms with E-state index in [2.05, 4.69) is 43.8 Å². The van der Waals surface area contributed by atoms with Gasteiger partial charge in [-0.1, -0.05) is 18.2 Å². The summed E-state index contributed by atoms with van der Waals surface area (Å²) < 4.78 is 6.10. The zero-order chi connectivity index (χ0) is 17.6. The van der Waals surface area contributed by atoms with E-state index in [0.717, 1.165) is 34.5 Å². The topological polar surface area (TPSA) is 49.8 Å². The van der Waals surface area contributed by atoms with Crippen molar-refractivity contribution in [2.45, 2.75) is 45.4 Å². The van der Waals surface area contributed by atoms with Gasteiger partial charge in [-0.2, -0.15) is 0 Å². The summed E-state index contributed by atoms with van der Waals surface area (Å²) in [6, 6.07) is 8.25. The maximum Gasteiger partial charge on any atom is 0.194 e. The molecule has 142 valence electrons. The number of nitrogens with zero attached hydrogens (tertiary/aromatic N) is 3. The zero-order valence-electron chi connectivity index (χ0n) is 15.6. The molecule has 1 aromatic carbocycles. The molecule has 2 aromatic rings. The summed E-state index contributed by atoms with van der Waals surface area (Å²) in [5.41, 5.74) is 2.23. The molecule has 1 fully saturated rings. The van der Waals surface area contributed by atoms with Crippen molar-refractivity contribution in [1.29, 1.82) is 0 Å². The first-order chi connectivity index (χ1) is 12.2. The molecule has 3 rings (SSSR count). The van der Waals surface area contributed by atoms with Gasteiger partial charge in [0, 0.05) is 31.6 Å². The molecule has 0 saturated heterocycles. The molecule has 0 amide bonds. The second-order valence-electron chi connectivity index (χ2n) is 6.39. The van der Waals surface area contributed by atoms with Crippen LogP contribution in [0.15, 0.2) is 34.6 Å². The van der Waals surface area contributed by atoms with Crippen LogP contribution in [0.2, 0.25) is 0 Å². The van der Waals surface area contributed by atoms with Gasteiger partial charge in [-0.25, -0.2) is 4.98 Å². The molecule has 0 unspecified atom stereocenters. The van der Waals surface area contributed by atoms with Crippen LogP contribution in [0.4, 0.5) is 0 Å². The van der Waals surface area contributed by atoms with E-state index in [1.54, 1.807) is 11.3 Å². The highest BCUT2D eigenvalue weighted by Gasteiger charge is 2.20. The Morgan fingerprint density at radius 3 is 2.77 bits per heavy atom. The third-order valence-electron chi connectivity index (χ3n) is 4.39. The van der Waals surface area contributed by atoms with E-state index in [1.807, 2.05) is 27.1 Å². The monoisotopic (exact) mass is 486 g/mol. The molecule has 0 atom stereocenters. The molecule has 0 bridgehead atoms. The fourth-order valence-electron chi connectivity index (χ4n) is 2.79. The summed E-state index contributed by atoms with van der Waals surface area (Å²) in [6.45, 7) is 3.46. The van der Waals surface area contributed by atoms with Crippen LogP contribution >= 0.6 is 35.3 Å². The molecule has 1 aromatic heterocycles. The van der Waals surface area contributed by atoms with Crippen LogP contribution in [0.25, 0.3) is 0 Å². The first kappa shape index (κ1) is 21.0. The Bertz CT molecular complexity index is 730. The number of ether oxygens (including phenoxy) is 1. The summed E-state index contributed by atoms with van der Waals surface area (Å²) >= 11 is 1.68. The van der Waals surface area contributed by atoms with Crippen molar-refractivity contribution >= 4 is 41.3 Å². The first-order valence-electron chi connectivity index (χ1n) is 8.73. The highest BCUT2D eigenvalue weighted by Crippen LogP contribution is 2.27. The summed E-state index contributed by atoms with van der Waals surface area (Å²) in [4.78, 5) is 11.0. The molecule has 1 saturated carbocycles. The number of benzene rings is 1. The number of aromatic nitrogens is 1. The summed E-state index contributed by atoms with van der Waals surface area (Å²) in [7, 11) is 3.84. The van der Waals surface area contributed by atoms with Crippen LogP contribution in [-0.4, -0.2) is 36.0 Å². The lowest BCUT2D eigenvalue weighted by molar-refractivity contribution is 0.119.